The highest BCUT2D eigenvalue weighted by Crippen LogP contribution is 2.30. The number of hydrogen-bond donors (Lipinski definition) is 2. The molecule has 0 amide bonds. The van der Waals surface area contributed by atoms with E-state index in [4.69, 9.17) is 4.98 Å². The number of aromatic nitrogens is 2. The van der Waals surface area contributed by atoms with Gasteiger partial charge in [0.1, 0.15) is 17.4 Å². The van der Waals surface area contributed by atoms with E-state index in [9.17, 15) is 4.79 Å². The Balaban J connectivity index is 1.42. The summed E-state index contributed by atoms with van der Waals surface area (Å²) in [7, 11) is 0. The van der Waals surface area contributed by atoms with E-state index in [1.54, 1.807) is 0 Å². The van der Waals surface area contributed by atoms with Crippen LogP contribution in [0, 0.1) is 0 Å². The highest BCUT2D eigenvalue weighted by Gasteiger charge is 2.16. The van der Waals surface area contributed by atoms with Crippen molar-refractivity contribution in [1.29, 1.82) is 0 Å². The Morgan fingerprint density at radius 2 is 1.77 bits per heavy atom. The van der Waals surface area contributed by atoms with Crippen LogP contribution in [0.15, 0.2) is 83.0 Å². The SMILES string of the molecule is C[C@H]([NH2+]Cc1nc2scc(-c3ccccc3)c2c(=O)[nH]1)c1cccc2ccccc12. The van der Waals surface area contributed by atoms with E-state index < -0.39 is 0 Å². The third-order valence-corrected chi connectivity index (χ3v) is 6.43. The molecule has 5 aromatic rings. The minimum Gasteiger partial charge on any atom is -0.334 e. The zero-order chi connectivity index (χ0) is 20.5. The lowest BCUT2D eigenvalue weighted by Crippen LogP contribution is -2.83. The molecule has 1 atom stereocenters. The largest absolute Gasteiger partial charge is 0.334 e. The fourth-order valence-corrected chi connectivity index (χ4v) is 4.95. The lowest BCUT2D eigenvalue weighted by atomic mass is 10.00. The second kappa shape index (κ2) is 7.86. The van der Waals surface area contributed by atoms with Gasteiger partial charge >= 0.3 is 0 Å². The summed E-state index contributed by atoms with van der Waals surface area (Å²) in [6.07, 6.45) is 0. The fraction of sp³-hybridized carbons (Fsp3) is 0.120. The minimum atomic E-state index is -0.0682. The van der Waals surface area contributed by atoms with Gasteiger partial charge in [-0.3, -0.25) is 4.79 Å². The molecule has 0 radical (unpaired) electrons. The predicted octanol–water partition coefficient (Wildman–Crippen LogP) is 4.63. The number of thiophene rings is 1. The maximum atomic E-state index is 12.8. The van der Waals surface area contributed by atoms with Crippen molar-refractivity contribution in [3.8, 4) is 11.1 Å². The molecule has 0 unspecified atom stereocenters. The van der Waals surface area contributed by atoms with E-state index >= 15 is 0 Å². The summed E-state index contributed by atoms with van der Waals surface area (Å²) in [5.41, 5.74) is 3.21. The summed E-state index contributed by atoms with van der Waals surface area (Å²) in [5, 5.41) is 7.44. The minimum absolute atomic E-state index is 0.0682. The van der Waals surface area contributed by atoms with E-state index in [0.717, 1.165) is 16.0 Å². The van der Waals surface area contributed by atoms with Crippen LogP contribution in [0.25, 0.3) is 32.1 Å². The number of nitrogens with zero attached hydrogens (tertiary/aromatic N) is 1. The molecule has 3 aromatic carbocycles. The van der Waals surface area contributed by atoms with Crippen molar-refractivity contribution < 1.29 is 5.32 Å². The quantitative estimate of drug-likeness (QED) is 0.442. The van der Waals surface area contributed by atoms with Crippen molar-refractivity contribution in [2.75, 3.05) is 0 Å². The number of hydrogen-bond acceptors (Lipinski definition) is 3. The molecule has 0 aliphatic heterocycles. The summed E-state index contributed by atoms with van der Waals surface area (Å²) >= 11 is 1.52. The lowest BCUT2D eigenvalue weighted by Gasteiger charge is -2.13. The highest BCUT2D eigenvalue weighted by molar-refractivity contribution is 7.17. The van der Waals surface area contributed by atoms with Crippen LogP contribution < -0.4 is 10.9 Å². The molecule has 5 rings (SSSR count). The maximum Gasteiger partial charge on any atom is 0.260 e. The molecule has 2 heterocycles. The van der Waals surface area contributed by atoms with Gasteiger partial charge in [-0.15, -0.1) is 11.3 Å². The molecular formula is C25H22N3OS+. The van der Waals surface area contributed by atoms with E-state index in [1.165, 1.54) is 27.7 Å². The van der Waals surface area contributed by atoms with Gasteiger partial charge in [-0.05, 0) is 23.3 Å². The molecule has 2 aromatic heterocycles. The number of nitrogens with two attached hydrogens (primary N) is 1. The summed E-state index contributed by atoms with van der Waals surface area (Å²) < 4.78 is 0. The molecule has 0 bridgehead atoms. The van der Waals surface area contributed by atoms with Crippen molar-refractivity contribution in [2.24, 2.45) is 0 Å². The third-order valence-electron chi connectivity index (χ3n) is 5.56. The van der Waals surface area contributed by atoms with Crippen molar-refractivity contribution in [2.45, 2.75) is 19.5 Å². The van der Waals surface area contributed by atoms with Crippen LogP contribution in [0.5, 0.6) is 0 Å². The van der Waals surface area contributed by atoms with Gasteiger partial charge in [0.05, 0.1) is 5.39 Å². The maximum absolute atomic E-state index is 12.8. The van der Waals surface area contributed by atoms with Crippen molar-refractivity contribution >= 4 is 32.3 Å². The lowest BCUT2D eigenvalue weighted by molar-refractivity contribution is -0.708. The fourth-order valence-electron chi connectivity index (χ4n) is 3.98. The van der Waals surface area contributed by atoms with Gasteiger partial charge in [-0.1, -0.05) is 72.8 Å². The Kier molecular flexibility index (Phi) is 4.91. The Bertz CT molecular complexity index is 1380. The van der Waals surface area contributed by atoms with Crippen LogP contribution in [0.3, 0.4) is 0 Å². The zero-order valence-electron chi connectivity index (χ0n) is 16.6. The Hall–Kier alpha value is -3.28. The number of rotatable bonds is 5. The van der Waals surface area contributed by atoms with E-state index in [-0.39, 0.29) is 11.6 Å². The topological polar surface area (TPSA) is 62.4 Å². The van der Waals surface area contributed by atoms with Crippen molar-refractivity contribution in [3.63, 3.8) is 0 Å². The van der Waals surface area contributed by atoms with E-state index in [1.807, 2.05) is 35.7 Å². The van der Waals surface area contributed by atoms with Gasteiger partial charge in [0.15, 0.2) is 5.82 Å². The first-order valence-corrected chi connectivity index (χ1v) is 11.0. The zero-order valence-corrected chi connectivity index (χ0v) is 17.4. The van der Waals surface area contributed by atoms with Gasteiger partial charge in [0.2, 0.25) is 0 Å². The first-order chi connectivity index (χ1) is 14.7. The highest BCUT2D eigenvalue weighted by atomic mass is 32.1. The summed E-state index contributed by atoms with van der Waals surface area (Å²) in [4.78, 5) is 21.4. The van der Waals surface area contributed by atoms with Gasteiger partial charge in [0, 0.05) is 16.5 Å². The van der Waals surface area contributed by atoms with Crippen LogP contribution >= 0.6 is 11.3 Å². The van der Waals surface area contributed by atoms with Gasteiger partial charge < -0.3 is 10.3 Å². The van der Waals surface area contributed by atoms with Gasteiger partial charge in [0.25, 0.3) is 5.56 Å². The molecule has 5 heteroatoms. The summed E-state index contributed by atoms with van der Waals surface area (Å²) in [5.74, 6) is 0.709. The number of nitrogens with one attached hydrogen (secondary N) is 1. The monoisotopic (exact) mass is 412 g/mol. The van der Waals surface area contributed by atoms with Gasteiger partial charge in [-0.25, -0.2) is 4.98 Å². The first-order valence-electron chi connectivity index (χ1n) is 10.1. The van der Waals surface area contributed by atoms with Crippen LogP contribution in [0.1, 0.15) is 24.4 Å². The average molecular weight is 413 g/mol. The smallest absolute Gasteiger partial charge is 0.260 e. The molecule has 0 saturated carbocycles. The molecule has 0 fully saturated rings. The Morgan fingerprint density at radius 1 is 1.00 bits per heavy atom. The van der Waals surface area contributed by atoms with E-state index in [2.05, 4.69) is 59.7 Å². The Morgan fingerprint density at radius 3 is 2.63 bits per heavy atom. The standard InChI is InChI=1S/C25H21N3OS/c1-16(19-13-7-11-17-10-5-6-12-20(17)19)26-14-22-27-24(29)23-21(15-30-25(23)28-22)18-8-3-2-4-9-18/h2-13,15-16,26H,14H2,1H3,(H,27,28,29)/p+1/t16-/m0/s1. The number of fused-ring (bicyclic) bond motifs is 2. The van der Waals surface area contributed by atoms with Crippen LogP contribution in [0.4, 0.5) is 0 Å². The molecule has 0 aliphatic carbocycles. The average Bonchev–Trinajstić information content (AvgIpc) is 3.22. The van der Waals surface area contributed by atoms with Crippen molar-refractivity contribution in [3.05, 3.63) is 99.9 Å². The van der Waals surface area contributed by atoms with Crippen molar-refractivity contribution in [1.82, 2.24) is 9.97 Å². The molecule has 0 spiro atoms. The molecule has 4 nitrogen and oxygen atoms in total. The van der Waals surface area contributed by atoms with E-state index in [0.29, 0.717) is 17.8 Å². The number of aromatic amines is 1. The normalized spacial score (nSPS) is 12.4. The Labute approximate surface area is 178 Å². The molecule has 30 heavy (non-hydrogen) atoms. The number of H-pyrrole nitrogens is 1. The summed E-state index contributed by atoms with van der Waals surface area (Å²) in [6.45, 7) is 2.81. The second-order valence-electron chi connectivity index (χ2n) is 7.51. The van der Waals surface area contributed by atoms with Crippen LogP contribution in [-0.4, -0.2) is 9.97 Å². The molecule has 0 saturated heterocycles. The first kappa shape index (κ1) is 18.7. The second-order valence-corrected chi connectivity index (χ2v) is 8.36. The van der Waals surface area contributed by atoms with Crippen LogP contribution in [0.2, 0.25) is 0 Å². The number of benzene rings is 3. The third kappa shape index (κ3) is 3.43. The molecular weight excluding hydrogens is 390 g/mol. The summed E-state index contributed by atoms with van der Waals surface area (Å²) in [6, 6.07) is 25.1. The molecule has 0 aliphatic rings. The van der Waals surface area contributed by atoms with Crippen LogP contribution in [-0.2, 0) is 6.54 Å². The number of quaternary nitrogens is 1. The molecule has 148 valence electrons. The molecule has 3 N–H and O–H groups in total. The predicted molar refractivity (Wildman–Crippen MR) is 124 cm³/mol. The van der Waals surface area contributed by atoms with Gasteiger partial charge in [-0.2, -0.15) is 0 Å².